The predicted molar refractivity (Wildman–Crippen MR) is 106 cm³/mol. The van der Waals surface area contributed by atoms with Crippen LogP contribution in [0.25, 0.3) is 0 Å². The molecule has 9 nitrogen and oxygen atoms in total. The van der Waals surface area contributed by atoms with E-state index in [1.165, 1.54) is 6.33 Å². The molecule has 0 saturated carbocycles. The number of aromatic nitrogens is 2. The molecule has 1 aliphatic heterocycles. The van der Waals surface area contributed by atoms with E-state index in [1.54, 1.807) is 42.2 Å². The minimum Gasteiger partial charge on any atom is -0.450 e. The number of carbonyl (C=O) groups excluding carboxylic acids is 2. The molecule has 0 atom stereocenters. The molecule has 0 bridgehead atoms. The highest BCUT2D eigenvalue weighted by Gasteiger charge is 2.24. The summed E-state index contributed by atoms with van der Waals surface area (Å²) in [5.41, 5.74) is 1.20. The molecule has 0 spiro atoms. The van der Waals surface area contributed by atoms with Gasteiger partial charge in [0.25, 0.3) is 5.91 Å². The van der Waals surface area contributed by atoms with Gasteiger partial charge < -0.3 is 20.3 Å². The Bertz CT molecular complexity index is 918. The monoisotopic (exact) mass is 394 g/mol. The topological polar surface area (TPSA) is 120 Å². The lowest BCUT2D eigenvalue weighted by atomic mass is 10.1. The molecule has 9 heteroatoms. The van der Waals surface area contributed by atoms with Gasteiger partial charge >= 0.3 is 6.09 Å². The first-order valence-electron chi connectivity index (χ1n) is 9.41. The van der Waals surface area contributed by atoms with Crippen LogP contribution < -0.4 is 10.6 Å². The number of anilines is 2. The highest BCUT2D eigenvalue weighted by molar-refractivity contribution is 6.03. The molecule has 1 fully saturated rings. The second-order valence-corrected chi connectivity index (χ2v) is 6.54. The summed E-state index contributed by atoms with van der Waals surface area (Å²) in [5, 5.41) is 15.0. The van der Waals surface area contributed by atoms with Gasteiger partial charge in [-0.05, 0) is 38.0 Å². The standard InChI is InChI=1S/C20H22N6O3/c1-2-29-20(28)26-8-6-15(7-9-26)24-18-11-17(22-13-23-18)19(27)25-16-5-3-4-14(10-16)12-21/h3-5,10-11,13,15H,2,6-9H2,1H3,(H,25,27)(H,22,23,24). The Balaban J connectivity index is 1.58. The first-order chi connectivity index (χ1) is 14.1. The normalized spacial score (nSPS) is 14.0. The van der Waals surface area contributed by atoms with Crippen LogP contribution in [0.15, 0.2) is 36.7 Å². The number of hydrogen-bond acceptors (Lipinski definition) is 7. The van der Waals surface area contributed by atoms with Crippen molar-refractivity contribution in [2.45, 2.75) is 25.8 Å². The summed E-state index contributed by atoms with van der Waals surface area (Å²) in [7, 11) is 0. The van der Waals surface area contributed by atoms with Crippen molar-refractivity contribution in [1.29, 1.82) is 5.26 Å². The van der Waals surface area contributed by atoms with Gasteiger partial charge in [0, 0.05) is 30.9 Å². The van der Waals surface area contributed by atoms with Gasteiger partial charge in [-0.2, -0.15) is 5.26 Å². The van der Waals surface area contributed by atoms with E-state index in [2.05, 4.69) is 20.6 Å². The van der Waals surface area contributed by atoms with Crippen molar-refractivity contribution in [3.05, 3.63) is 47.9 Å². The first-order valence-corrected chi connectivity index (χ1v) is 9.41. The summed E-state index contributed by atoms with van der Waals surface area (Å²) >= 11 is 0. The fourth-order valence-corrected chi connectivity index (χ4v) is 3.05. The molecule has 2 amide bonds. The predicted octanol–water partition coefficient (Wildman–Crippen LogP) is 2.63. The Morgan fingerprint density at radius 1 is 1.28 bits per heavy atom. The van der Waals surface area contributed by atoms with E-state index in [-0.39, 0.29) is 23.7 Å². The molecule has 1 aliphatic rings. The molecule has 29 heavy (non-hydrogen) atoms. The lowest BCUT2D eigenvalue weighted by Gasteiger charge is -2.31. The van der Waals surface area contributed by atoms with E-state index in [0.29, 0.717) is 36.8 Å². The second kappa shape index (κ2) is 9.50. The average Bonchev–Trinajstić information content (AvgIpc) is 2.75. The molecule has 1 saturated heterocycles. The second-order valence-electron chi connectivity index (χ2n) is 6.54. The van der Waals surface area contributed by atoms with Gasteiger partial charge in [-0.3, -0.25) is 4.79 Å². The number of carbonyl (C=O) groups is 2. The summed E-state index contributed by atoms with van der Waals surface area (Å²) in [6.45, 7) is 3.35. The molecule has 1 aromatic heterocycles. The molecule has 1 aromatic carbocycles. The molecular weight excluding hydrogens is 372 g/mol. The van der Waals surface area contributed by atoms with E-state index in [1.807, 2.05) is 6.07 Å². The fourth-order valence-electron chi connectivity index (χ4n) is 3.05. The summed E-state index contributed by atoms with van der Waals surface area (Å²) in [6, 6.07) is 10.4. The molecule has 0 unspecified atom stereocenters. The van der Waals surface area contributed by atoms with Crippen LogP contribution in [-0.2, 0) is 4.74 Å². The van der Waals surface area contributed by atoms with E-state index in [4.69, 9.17) is 10.00 Å². The molecule has 2 aromatic rings. The van der Waals surface area contributed by atoms with Crippen molar-refractivity contribution < 1.29 is 14.3 Å². The van der Waals surface area contributed by atoms with Gasteiger partial charge in [0.1, 0.15) is 17.8 Å². The van der Waals surface area contributed by atoms with Crippen molar-refractivity contribution in [3.8, 4) is 6.07 Å². The Kier molecular flexibility index (Phi) is 6.58. The van der Waals surface area contributed by atoms with Crippen molar-refractivity contribution in [2.24, 2.45) is 0 Å². The SMILES string of the molecule is CCOC(=O)N1CCC(Nc2cc(C(=O)Nc3cccc(C#N)c3)ncn2)CC1. The Morgan fingerprint density at radius 3 is 2.79 bits per heavy atom. The smallest absolute Gasteiger partial charge is 0.409 e. The molecule has 2 heterocycles. The number of ether oxygens (including phenoxy) is 1. The molecule has 150 valence electrons. The van der Waals surface area contributed by atoms with Gasteiger partial charge in [0.15, 0.2) is 0 Å². The van der Waals surface area contributed by atoms with Crippen molar-refractivity contribution in [3.63, 3.8) is 0 Å². The number of piperidine rings is 1. The minimum atomic E-state index is -0.386. The highest BCUT2D eigenvalue weighted by Crippen LogP contribution is 2.17. The zero-order chi connectivity index (χ0) is 20.6. The number of nitrogens with zero attached hydrogens (tertiary/aromatic N) is 4. The summed E-state index contributed by atoms with van der Waals surface area (Å²) in [5.74, 6) is 0.160. The maximum absolute atomic E-state index is 12.5. The van der Waals surface area contributed by atoms with Crippen LogP contribution >= 0.6 is 0 Å². The van der Waals surface area contributed by atoms with E-state index in [0.717, 1.165) is 12.8 Å². The lowest BCUT2D eigenvalue weighted by Crippen LogP contribution is -2.42. The number of benzene rings is 1. The van der Waals surface area contributed by atoms with E-state index >= 15 is 0 Å². The third kappa shape index (κ3) is 5.42. The van der Waals surface area contributed by atoms with Crippen LogP contribution in [0, 0.1) is 11.3 Å². The first kappa shape index (κ1) is 20.1. The molecule has 2 N–H and O–H groups in total. The zero-order valence-electron chi connectivity index (χ0n) is 16.1. The van der Waals surface area contributed by atoms with Gasteiger partial charge in [0.2, 0.25) is 0 Å². The van der Waals surface area contributed by atoms with Crippen LogP contribution in [0.1, 0.15) is 35.8 Å². The Hall–Kier alpha value is -3.67. The number of likely N-dealkylation sites (tertiary alicyclic amines) is 1. The quantitative estimate of drug-likeness (QED) is 0.800. The Labute approximate surface area is 168 Å². The highest BCUT2D eigenvalue weighted by atomic mass is 16.6. The third-order valence-electron chi connectivity index (χ3n) is 4.52. The summed E-state index contributed by atoms with van der Waals surface area (Å²) < 4.78 is 5.02. The van der Waals surface area contributed by atoms with Crippen molar-refractivity contribution in [2.75, 3.05) is 30.3 Å². The maximum Gasteiger partial charge on any atom is 0.409 e. The van der Waals surface area contributed by atoms with E-state index in [9.17, 15) is 9.59 Å². The van der Waals surface area contributed by atoms with E-state index < -0.39 is 0 Å². The maximum atomic E-state index is 12.5. The van der Waals surface area contributed by atoms with Gasteiger partial charge in [-0.1, -0.05) is 6.07 Å². The van der Waals surface area contributed by atoms with Crippen LogP contribution in [0.4, 0.5) is 16.3 Å². The lowest BCUT2D eigenvalue weighted by molar-refractivity contribution is 0.0980. The van der Waals surface area contributed by atoms with Gasteiger partial charge in [-0.15, -0.1) is 0 Å². The van der Waals surface area contributed by atoms with Crippen molar-refractivity contribution >= 4 is 23.5 Å². The van der Waals surface area contributed by atoms with Crippen LogP contribution in [-0.4, -0.2) is 52.6 Å². The number of nitriles is 1. The van der Waals surface area contributed by atoms with Crippen molar-refractivity contribution in [1.82, 2.24) is 14.9 Å². The van der Waals surface area contributed by atoms with Crippen LogP contribution in [0.2, 0.25) is 0 Å². The number of amides is 2. The van der Waals surface area contributed by atoms with Gasteiger partial charge in [-0.25, -0.2) is 14.8 Å². The number of nitrogens with one attached hydrogen (secondary N) is 2. The number of hydrogen-bond donors (Lipinski definition) is 2. The fraction of sp³-hybridized carbons (Fsp3) is 0.350. The molecular formula is C20H22N6O3. The average molecular weight is 394 g/mol. The van der Waals surface area contributed by atoms with Crippen LogP contribution in [0.3, 0.4) is 0 Å². The minimum absolute atomic E-state index is 0.138. The Morgan fingerprint density at radius 2 is 2.07 bits per heavy atom. The largest absolute Gasteiger partial charge is 0.450 e. The summed E-state index contributed by atoms with van der Waals surface area (Å²) in [4.78, 5) is 34.1. The van der Waals surface area contributed by atoms with Gasteiger partial charge in [0.05, 0.1) is 18.2 Å². The summed E-state index contributed by atoms with van der Waals surface area (Å²) in [6.07, 6.45) is 2.56. The molecule has 0 aliphatic carbocycles. The number of rotatable bonds is 5. The third-order valence-corrected chi connectivity index (χ3v) is 4.52. The molecule has 3 rings (SSSR count). The van der Waals surface area contributed by atoms with Crippen LogP contribution in [0.5, 0.6) is 0 Å². The molecule has 0 radical (unpaired) electrons. The zero-order valence-corrected chi connectivity index (χ0v) is 16.1.